The molecule has 3 heteroatoms. The quantitative estimate of drug-likeness (QED) is 0.166. The van der Waals surface area contributed by atoms with E-state index in [9.17, 15) is 0 Å². The number of hydrogen-bond donors (Lipinski definition) is 0. The summed E-state index contributed by atoms with van der Waals surface area (Å²) in [5, 5.41) is 5.22. The molecule has 0 heterocycles. The minimum absolute atomic E-state index is 0. The SMILES string of the molecule is CC1=Cc2c(-c3cccc4ccccc34)cc(-c3cccc4ccccc34)cc2[CH]1[Zr+2][CH]1C(C(C)C)=Cc2c(-c3ccccc3)cccc21.[Cl-].[Cl-]. The van der Waals surface area contributed by atoms with Gasteiger partial charge >= 0.3 is 303 Å². The van der Waals surface area contributed by atoms with Crippen molar-refractivity contribution in [1.29, 1.82) is 0 Å². The Bertz CT molecular complexity index is 2460. The normalized spacial score (nSPS) is 15.8. The third-order valence-corrected chi connectivity index (χ3v) is 15.8. The third kappa shape index (κ3) is 6.19. The molecular weight excluding hydrogens is 739 g/mol. The molecule has 7 aromatic rings. The van der Waals surface area contributed by atoms with E-state index >= 15 is 0 Å². The molecule has 0 N–H and O–H groups in total. The molecule has 0 bridgehead atoms. The second-order valence-electron chi connectivity index (χ2n) is 14.0. The van der Waals surface area contributed by atoms with Crippen LogP contribution in [0.1, 0.15) is 50.3 Å². The number of fused-ring (bicyclic) bond motifs is 4. The van der Waals surface area contributed by atoms with Gasteiger partial charge in [0, 0.05) is 0 Å². The fourth-order valence-electron chi connectivity index (χ4n) is 8.32. The molecule has 51 heavy (non-hydrogen) atoms. The van der Waals surface area contributed by atoms with Crippen LogP contribution in [-0.4, -0.2) is 0 Å². The molecule has 9 rings (SSSR count). The van der Waals surface area contributed by atoms with Gasteiger partial charge in [0.05, 0.1) is 0 Å². The van der Waals surface area contributed by atoms with Crippen LogP contribution in [0, 0.1) is 5.92 Å². The second-order valence-corrected chi connectivity index (χ2v) is 17.6. The average Bonchev–Trinajstić information content (AvgIpc) is 3.68. The Labute approximate surface area is 325 Å². The van der Waals surface area contributed by atoms with Crippen molar-refractivity contribution in [3.8, 4) is 33.4 Å². The average molecular weight is 777 g/mol. The van der Waals surface area contributed by atoms with Crippen LogP contribution in [0.15, 0.2) is 157 Å². The molecule has 0 aromatic heterocycles. The molecular formula is C48H38Cl2Zr. The summed E-state index contributed by atoms with van der Waals surface area (Å²) in [4.78, 5) is 0. The Kier molecular flexibility index (Phi) is 10.1. The van der Waals surface area contributed by atoms with E-state index in [1.165, 1.54) is 77.2 Å². The van der Waals surface area contributed by atoms with Crippen LogP contribution in [0.4, 0.5) is 0 Å². The van der Waals surface area contributed by atoms with Gasteiger partial charge in [-0.25, -0.2) is 0 Å². The molecule has 2 aliphatic carbocycles. The summed E-state index contributed by atoms with van der Waals surface area (Å²) in [5.41, 5.74) is 17.1. The summed E-state index contributed by atoms with van der Waals surface area (Å²) in [6.07, 6.45) is 5.11. The largest absolute Gasteiger partial charge is 1.00 e. The molecule has 0 amide bonds. The number of allylic oxidation sites excluding steroid dienone is 2. The first-order chi connectivity index (χ1) is 24.0. The maximum Gasteiger partial charge on any atom is -1.00 e. The van der Waals surface area contributed by atoms with E-state index < -0.39 is 23.2 Å². The molecule has 0 spiro atoms. The van der Waals surface area contributed by atoms with Crippen molar-refractivity contribution in [2.24, 2.45) is 5.92 Å². The molecule has 248 valence electrons. The number of rotatable bonds is 6. The first-order valence-corrected chi connectivity index (χ1v) is 20.4. The summed E-state index contributed by atoms with van der Waals surface area (Å²) in [7, 11) is 0. The Balaban J connectivity index is 0.00000203. The number of hydrogen-bond acceptors (Lipinski definition) is 0. The standard InChI is InChI=1S/C30H21.C18H17.2ClH.Zr/c1-20-16-23-18-24(27-14-6-10-21-8-2-4-12-25(21)27)19-30(29(23)17-20)28-15-7-11-22-9-3-5-13-26(22)28;1-13(2)16-11-15-9-6-10-17(18(15)12-16)14-7-4-3-5-8-14;;;/h2-19H,1H3;3-13H,1-2H3;2*1H;/q;;;;+2/p-2. The summed E-state index contributed by atoms with van der Waals surface area (Å²) >= 11 is -1.09. The summed E-state index contributed by atoms with van der Waals surface area (Å²) in [6, 6.07) is 54.4. The molecule has 0 aliphatic heterocycles. The minimum atomic E-state index is -1.09. The van der Waals surface area contributed by atoms with Crippen molar-refractivity contribution < 1.29 is 48.0 Å². The number of halogens is 2. The van der Waals surface area contributed by atoms with Gasteiger partial charge in [0.1, 0.15) is 0 Å². The van der Waals surface area contributed by atoms with Gasteiger partial charge in [0.15, 0.2) is 0 Å². The Morgan fingerprint density at radius 1 is 0.471 bits per heavy atom. The Morgan fingerprint density at radius 2 is 1.04 bits per heavy atom. The Hall–Kier alpha value is -4.00. The smallest absolute Gasteiger partial charge is 1.00 e. The Morgan fingerprint density at radius 3 is 1.75 bits per heavy atom. The topological polar surface area (TPSA) is 0 Å². The van der Waals surface area contributed by atoms with E-state index in [4.69, 9.17) is 0 Å². The van der Waals surface area contributed by atoms with E-state index in [0.29, 0.717) is 13.2 Å². The predicted molar refractivity (Wildman–Crippen MR) is 206 cm³/mol. The molecule has 0 nitrogen and oxygen atoms in total. The zero-order valence-corrected chi connectivity index (χ0v) is 33.0. The van der Waals surface area contributed by atoms with Crippen molar-refractivity contribution in [2.75, 3.05) is 0 Å². The van der Waals surface area contributed by atoms with E-state index in [0.717, 1.165) is 0 Å². The van der Waals surface area contributed by atoms with Crippen LogP contribution < -0.4 is 24.8 Å². The van der Waals surface area contributed by atoms with Gasteiger partial charge in [-0.1, -0.05) is 0 Å². The zero-order chi connectivity index (χ0) is 33.1. The van der Waals surface area contributed by atoms with Crippen molar-refractivity contribution in [1.82, 2.24) is 0 Å². The van der Waals surface area contributed by atoms with Gasteiger partial charge in [-0.2, -0.15) is 0 Å². The minimum Gasteiger partial charge on any atom is -1.00 e. The maximum atomic E-state index is 2.57. The second kappa shape index (κ2) is 14.6. The van der Waals surface area contributed by atoms with Crippen molar-refractivity contribution in [3.05, 3.63) is 179 Å². The fourth-order valence-corrected chi connectivity index (χ4v) is 13.6. The maximum absolute atomic E-state index is 2.57. The van der Waals surface area contributed by atoms with Gasteiger partial charge in [0.25, 0.3) is 0 Å². The van der Waals surface area contributed by atoms with Gasteiger partial charge < -0.3 is 24.8 Å². The third-order valence-electron chi connectivity index (χ3n) is 10.7. The summed E-state index contributed by atoms with van der Waals surface area (Å²) in [6.45, 7) is 7.20. The van der Waals surface area contributed by atoms with E-state index in [-0.39, 0.29) is 24.8 Å². The van der Waals surface area contributed by atoms with E-state index in [2.05, 4.69) is 179 Å². The predicted octanol–water partition coefficient (Wildman–Crippen LogP) is 7.34. The summed E-state index contributed by atoms with van der Waals surface area (Å²) < 4.78 is 1.05. The van der Waals surface area contributed by atoms with Crippen LogP contribution in [0.3, 0.4) is 0 Å². The molecule has 2 atom stereocenters. The first kappa shape index (κ1) is 35.4. The van der Waals surface area contributed by atoms with Crippen molar-refractivity contribution in [2.45, 2.75) is 28.0 Å². The summed E-state index contributed by atoms with van der Waals surface area (Å²) in [5.74, 6) is 0.514. The molecule has 2 unspecified atom stereocenters. The van der Waals surface area contributed by atoms with Crippen molar-refractivity contribution >= 4 is 33.7 Å². The van der Waals surface area contributed by atoms with Crippen LogP contribution in [0.2, 0.25) is 0 Å². The monoisotopic (exact) mass is 774 g/mol. The van der Waals surface area contributed by atoms with E-state index in [1.54, 1.807) is 11.1 Å². The van der Waals surface area contributed by atoms with Crippen LogP contribution in [0.25, 0.3) is 67.1 Å². The van der Waals surface area contributed by atoms with Crippen LogP contribution >= 0.6 is 0 Å². The molecule has 7 aromatic carbocycles. The van der Waals surface area contributed by atoms with Crippen molar-refractivity contribution in [3.63, 3.8) is 0 Å². The molecule has 2 aliphatic rings. The first-order valence-electron chi connectivity index (χ1n) is 17.5. The molecule has 0 radical (unpaired) electrons. The van der Waals surface area contributed by atoms with Gasteiger partial charge in [-0.05, 0) is 0 Å². The van der Waals surface area contributed by atoms with Gasteiger partial charge in [-0.3, -0.25) is 0 Å². The zero-order valence-electron chi connectivity index (χ0n) is 29.0. The van der Waals surface area contributed by atoms with Gasteiger partial charge in [-0.15, -0.1) is 0 Å². The molecule has 0 saturated heterocycles. The molecule has 0 saturated carbocycles. The van der Waals surface area contributed by atoms with Gasteiger partial charge in [0.2, 0.25) is 0 Å². The van der Waals surface area contributed by atoms with Crippen LogP contribution in [0.5, 0.6) is 0 Å². The number of benzene rings is 7. The fraction of sp³-hybridized carbons (Fsp3) is 0.125. The van der Waals surface area contributed by atoms with Crippen LogP contribution in [-0.2, 0) is 23.2 Å². The van der Waals surface area contributed by atoms with E-state index in [1.807, 2.05) is 0 Å². The molecule has 0 fully saturated rings.